The van der Waals surface area contributed by atoms with Crippen LogP contribution in [-0.4, -0.2) is 46.9 Å². The lowest BCUT2D eigenvalue weighted by Crippen LogP contribution is -2.30. The Morgan fingerprint density at radius 3 is 2.39 bits per heavy atom. The van der Waals surface area contributed by atoms with Crippen LogP contribution in [0.2, 0.25) is 0 Å². The predicted molar refractivity (Wildman–Crippen MR) is 82.0 cm³/mol. The van der Waals surface area contributed by atoms with Gasteiger partial charge in [-0.15, -0.1) is 0 Å². The maximum absolute atomic E-state index is 12.5. The summed E-state index contributed by atoms with van der Waals surface area (Å²) >= 11 is 0. The average Bonchev–Trinajstić information content (AvgIpc) is 3.07. The van der Waals surface area contributed by atoms with Crippen molar-refractivity contribution in [3.05, 3.63) is 42.7 Å². The zero-order valence-corrected chi connectivity index (χ0v) is 13.0. The lowest BCUT2D eigenvalue weighted by atomic mass is 10.1. The molecule has 2 aromatic rings. The van der Waals surface area contributed by atoms with E-state index in [-0.39, 0.29) is 18.0 Å². The fourth-order valence-electron chi connectivity index (χ4n) is 2.48. The summed E-state index contributed by atoms with van der Waals surface area (Å²) in [5, 5.41) is 8.98. The van der Waals surface area contributed by atoms with Crippen LogP contribution >= 0.6 is 0 Å². The van der Waals surface area contributed by atoms with E-state index in [0.29, 0.717) is 12.2 Å². The highest BCUT2D eigenvalue weighted by molar-refractivity contribution is 7.89. The molecule has 3 rings (SSSR count). The highest BCUT2D eigenvalue weighted by Crippen LogP contribution is 2.24. The second kappa shape index (κ2) is 6.05. The Balaban J connectivity index is 1.83. The van der Waals surface area contributed by atoms with Crippen molar-refractivity contribution in [1.82, 2.24) is 14.3 Å². The molecule has 1 aromatic heterocycles. The average molecular weight is 333 g/mol. The number of sulfonamides is 1. The largest absolute Gasteiger partial charge is 0.481 e. The number of benzene rings is 1. The van der Waals surface area contributed by atoms with Gasteiger partial charge in [0, 0.05) is 18.7 Å². The van der Waals surface area contributed by atoms with Gasteiger partial charge in [-0.2, -0.15) is 4.31 Å². The first kappa shape index (κ1) is 15.6. The number of hydrogen-bond donors (Lipinski definition) is 1. The third-order valence-corrected chi connectivity index (χ3v) is 5.62. The van der Waals surface area contributed by atoms with E-state index < -0.39 is 21.9 Å². The molecular formula is C15H15N3O4S. The number of aromatic nitrogens is 2. The minimum Gasteiger partial charge on any atom is -0.481 e. The van der Waals surface area contributed by atoms with Gasteiger partial charge in [0.25, 0.3) is 0 Å². The molecule has 120 valence electrons. The SMILES string of the molecule is O=C(O)C1CCN(S(=O)(=O)c2cnc(-c3ccccc3)nc2)C1. The summed E-state index contributed by atoms with van der Waals surface area (Å²) in [7, 11) is -3.76. The Morgan fingerprint density at radius 1 is 1.17 bits per heavy atom. The quantitative estimate of drug-likeness (QED) is 0.903. The minimum atomic E-state index is -3.76. The zero-order valence-electron chi connectivity index (χ0n) is 12.2. The number of nitrogens with zero attached hydrogens (tertiary/aromatic N) is 3. The summed E-state index contributed by atoms with van der Waals surface area (Å²) < 4.78 is 26.2. The van der Waals surface area contributed by atoms with E-state index in [4.69, 9.17) is 5.11 Å². The third-order valence-electron chi connectivity index (χ3n) is 3.80. The number of hydrogen-bond acceptors (Lipinski definition) is 5. The third kappa shape index (κ3) is 3.08. The van der Waals surface area contributed by atoms with Crippen molar-refractivity contribution < 1.29 is 18.3 Å². The number of aliphatic carboxylic acids is 1. The number of carboxylic acid groups (broad SMARTS) is 1. The first-order chi connectivity index (χ1) is 11.0. The van der Waals surface area contributed by atoms with E-state index in [1.54, 1.807) is 0 Å². The van der Waals surface area contributed by atoms with Crippen LogP contribution in [0.25, 0.3) is 11.4 Å². The first-order valence-electron chi connectivity index (χ1n) is 7.09. The van der Waals surface area contributed by atoms with Crippen molar-refractivity contribution in [2.75, 3.05) is 13.1 Å². The Labute approximate surface area is 133 Å². The molecule has 0 spiro atoms. The molecule has 1 unspecified atom stereocenters. The van der Waals surface area contributed by atoms with Crippen LogP contribution in [0.5, 0.6) is 0 Å². The van der Waals surface area contributed by atoms with E-state index in [0.717, 1.165) is 5.56 Å². The highest BCUT2D eigenvalue weighted by atomic mass is 32.2. The molecule has 0 amide bonds. The van der Waals surface area contributed by atoms with Crippen molar-refractivity contribution in [2.45, 2.75) is 11.3 Å². The molecule has 0 bridgehead atoms. The van der Waals surface area contributed by atoms with Gasteiger partial charge >= 0.3 is 5.97 Å². The van der Waals surface area contributed by atoms with Crippen LogP contribution in [0.15, 0.2) is 47.6 Å². The molecule has 2 heterocycles. The summed E-state index contributed by atoms with van der Waals surface area (Å²) in [6.07, 6.45) is 2.84. The summed E-state index contributed by atoms with van der Waals surface area (Å²) in [6.45, 7) is 0.178. The number of carboxylic acids is 1. The number of rotatable bonds is 4. The van der Waals surface area contributed by atoms with Crippen molar-refractivity contribution >= 4 is 16.0 Å². The van der Waals surface area contributed by atoms with Gasteiger partial charge in [0.05, 0.1) is 18.3 Å². The van der Waals surface area contributed by atoms with Gasteiger partial charge in [-0.1, -0.05) is 30.3 Å². The van der Waals surface area contributed by atoms with Crippen LogP contribution in [0.3, 0.4) is 0 Å². The van der Waals surface area contributed by atoms with Gasteiger partial charge in [-0.25, -0.2) is 18.4 Å². The Kier molecular flexibility index (Phi) is 4.10. The van der Waals surface area contributed by atoms with E-state index in [1.165, 1.54) is 16.7 Å². The predicted octanol–water partition coefficient (Wildman–Crippen LogP) is 1.24. The van der Waals surface area contributed by atoms with E-state index >= 15 is 0 Å². The summed E-state index contributed by atoms with van der Waals surface area (Å²) in [5.41, 5.74) is 0.795. The van der Waals surface area contributed by atoms with Gasteiger partial charge in [0.15, 0.2) is 5.82 Å². The second-order valence-corrected chi connectivity index (χ2v) is 7.23. The van der Waals surface area contributed by atoms with Crippen LogP contribution in [0.1, 0.15) is 6.42 Å². The molecule has 1 aliphatic heterocycles. The summed E-state index contributed by atoms with van der Waals surface area (Å²) in [5.74, 6) is -1.19. The first-order valence-corrected chi connectivity index (χ1v) is 8.53. The van der Waals surface area contributed by atoms with Crippen molar-refractivity contribution in [3.63, 3.8) is 0 Å². The molecule has 23 heavy (non-hydrogen) atoms. The molecule has 0 radical (unpaired) electrons. The van der Waals surface area contributed by atoms with Crippen molar-refractivity contribution in [2.24, 2.45) is 5.92 Å². The lowest BCUT2D eigenvalue weighted by molar-refractivity contribution is -0.141. The molecule has 1 atom stereocenters. The minimum absolute atomic E-state index is 0.0158. The maximum atomic E-state index is 12.5. The summed E-state index contributed by atoms with van der Waals surface area (Å²) in [6, 6.07) is 9.23. The van der Waals surface area contributed by atoms with Crippen LogP contribution in [-0.2, 0) is 14.8 Å². The highest BCUT2D eigenvalue weighted by Gasteiger charge is 2.36. The molecule has 1 fully saturated rings. The van der Waals surface area contributed by atoms with Crippen LogP contribution < -0.4 is 0 Å². The molecule has 1 saturated heterocycles. The molecule has 1 aromatic carbocycles. The van der Waals surface area contributed by atoms with Gasteiger partial charge < -0.3 is 5.11 Å². The Morgan fingerprint density at radius 2 is 1.83 bits per heavy atom. The summed E-state index contributed by atoms with van der Waals surface area (Å²) in [4.78, 5) is 19.2. The molecule has 8 heteroatoms. The van der Waals surface area contributed by atoms with Crippen molar-refractivity contribution in [1.29, 1.82) is 0 Å². The molecular weight excluding hydrogens is 318 g/mol. The van der Waals surface area contributed by atoms with E-state index in [9.17, 15) is 13.2 Å². The molecule has 0 saturated carbocycles. The fourth-order valence-corrected chi connectivity index (χ4v) is 3.87. The van der Waals surface area contributed by atoms with Crippen molar-refractivity contribution in [3.8, 4) is 11.4 Å². The lowest BCUT2D eigenvalue weighted by Gasteiger charge is -2.15. The molecule has 1 aliphatic rings. The van der Waals surface area contributed by atoms with Gasteiger partial charge in [0.2, 0.25) is 10.0 Å². The fraction of sp³-hybridized carbons (Fsp3) is 0.267. The standard InChI is InChI=1S/C15H15N3O4S/c19-15(20)12-6-7-18(10-12)23(21,22)13-8-16-14(17-9-13)11-4-2-1-3-5-11/h1-5,8-9,12H,6-7,10H2,(H,19,20). The maximum Gasteiger partial charge on any atom is 0.307 e. The monoisotopic (exact) mass is 333 g/mol. The van der Waals surface area contributed by atoms with E-state index in [1.807, 2.05) is 30.3 Å². The van der Waals surface area contributed by atoms with E-state index in [2.05, 4.69) is 9.97 Å². The van der Waals surface area contributed by atoms with Gasteiger partial charge in [-0.3, -0.25) is 4.79 Å². The molecule has 7 nitrogen and oxygen atoms in total. The van der Waals surface area contributed by atoms with Crippen LogP contribution in [0, 0.1) is 5.92 Å². The van der Waals surface area contributed by atoms with Gasteiger partial charge in [-0.05, 0) is 6.42 Å². The second-order valence-electron chi connectivity index (χ2n) is 5.30. The van der Waals surface area contributed by atoms with Crippen LogP contribution in [0.4, 0.5) is 0 Å². The normalized spacial score (nSPS) is 18.9. The topological polar surface area (TPSA) is 100 Å². The smallest absolute Gasteiger partial charge is 0.307 e. The van der Waals surface area contributed by atoms with Gasteiger partial charge in [0.1, 0.15) is 4.90 Å². The molecule has 1 N–H and O–H groups in total. The molecule has 0 aliphatic carbocycles. The Bertz CT molecular complexity index is 806. The zero-order chi connectivity index (χ0) is 16.4. The Hall–Kier alpha value is -2.32. The number of carbonyl (C=O) groups is 1.